The summed E-state index contributed by atoms with van der Waals surface area (Å²) in [5.74, 6) is -0.899. The molecule has 152 valence electrons. The number of carbonyl (C=O) groups is 2. The molecule has 3 aromatic rings. The van der Waals surface area contributed by atoms with Gasteiger partial charge < -0.3 is 15.2 Å². The normalized spacial score (nSPS) is 20.0. The van der Waals surface area contributed by atoms with E-state index in [9.17, 15) is 14.0 Å². The summed E-state index contributed by atoms with van der Waals surface area (Å²) >= 11 is 0. The first-order chi connectivity index (χ1) is 14.5. The number of halogens is 1. The van der Waals surface area contributed by atoms with Crippen LogP contribution in [0.5, 0.6) is 0 Å². The molecule has 2 aliphatic heterocycles. The Balaban J connectivity index is 1.58. The van der Waals surface area contributed by atoms with Gasteiger partial charge >= 0.3 is 0 Å². The second-order valence-electron chi connectivity index (χ2n) is 7.73. The quantitative estimate of drug-likeness (QED) is 0.724. The Morgan fingerprint density at radius 1 is 1.10 bits per heavy atom. The highest BCUT2D eigenvalue weighted by atomic mass is 19.1. The number of carbonyl (C=O) groups excluding carboxylic acids is 2. The lowest BCUT2D eigenvalue weighted by molar-refractivity contribution is 0.0661. The van der Waals surface area contributed by atoms with Crippen LogP contribution in [0.3, 0.4) is 0 Å². The van der Waals surface area contributed by atoms with E-state index in [2.05, 4.69) is 9.97 Å². The molecule has 7 nitrogen and oxygen atoms in total. The van der Waals surface area contributed by atoms with Crippen LogP contribution >= 0.6 is 0 Å². The standard InChI is InChI=1S/C22H20FN5O2/c23-17-11-25-9-8-16(17)22(30)28-14-6-7-15(28)12-27-18(10-14)19(20(24)29)26-21(27)13-4-2-1-3-5-13/h1-5,8-9,11,14-15H,6-7,10,12H2,(H2,24,29)/t14-,15+/m0/s1. The molecule has 0 spiro atoms. The van der Waals surface area contributed by atoms with Gasteiger partial charge in [-0.2, -0.15) is 0 Å². The maximum absolute atomic E-state index is 14.2. The number of rotatable bonds is 3. The molecule has 2 atom stereocenters. The predicted octanol–water partition coefficient (Wildman–Crippen LogP) is 2.41. The fraction of sp³-hybridized carbons (Fsp3) is 0.273. The van der Waals surface area contributed by atoms with Crippen molar-refractivity contribution in [3.05, 3.63) is 71.6 Å². The summed E-state index contributed by atoms with van der Waals surface area (Å²) in [5, 5.41) is 0. The van der Waals surface area contributed by atoms with Crippen molar-refractivity contribution in [1.29, 1.82) is 0 Å². The number of hydrogen-bond acceptors (Lipinski definition) is 4. The average Bonchev–Trinajstić information content (AvgIpc) is 3.25. The molecule has 5 rings (SSSR count). The summed E-state index contributed by atoms with van der Waals surface area (Å²) in [7, 11) is 0. The number of amides is 2. The molecular formula is C22H20FN5O2. The molecule has 2 amide bonds. The third-order valence-corrected chi connectivity index (χ3v) is 6.02. The van der Waals surface area contributed by atoms with Crippen molar-refractivity contribution in [2.24, 2.45) is 5.73 Å². The second-order valence-corrected chi connectivity index (χ2v) is 7.73. The van der Waals surface area contributed by atoms with Crippen molar-refractivity contribution < 1.29 is 14.0 Å². The molecule has 1 fully saturated rings. The number of aromatic nitrogens is 3. The maximum atomic E-state index is 14.2. The topological polar surface area (TPSA) is 94.1 Å². The minimum absolute atomic E-state index is 0.0185. The number of benzene rings is 1. The summed E-state index contributed by atoms with van der Waals surface area (Å²) < 4.78 is 16.2. The van der Waals surface area contributed by atoms with Gasteiger partial charge in [0, 0.05) is 30.8 Å². The Morgan fingerprint density at radius 3 is 2.60 bits per heavy atom. The Kier molecular flexibility index (Phi) is 4.34. The molecule has 0 radical (unpaired) electrons. The first-order valence-electron chi connectivity index (χ1n) is 9.91. The molecule has 2 bridgehead atoms. The van der Waals surface area contributed by atoms with E-state index in [1.54, 1.807) is 4.90 Å². The second kappa shape index (κ2) is 7.05. The Hall–Kier alpha value is -3.55. The van der Waals surface area contributed by atoms with Gasteiger partial charge in [-0.05, 0) is 18.9 Å². The van der Waals surface area contributed by atoms with E-state index in [1.165, 1.54) is 12.3 Å². The van der Waals surface area contributed by atoms with Gasteiger partial charge in [-0.1, -0.05) is 30.3 Å². The summed E-state index contributed by atoms with van der Waals surface area (Å²) in [4.78, 5) is 35.4. The van der Waals surface area contributed by atoms with Gasteiger partial charge in [-0.25, -0.2) is 9.37 Å². The number of primary amides is 1. The van der Waals surface area contributed by atoms with E-state index < -0.39 is 11.7 Å². The van der Waals surface area contributed by atoms with Gasteiger partial charge in [0.05, 0.1) is 23.5 Å². The predicted molar refractivity (Wildman–Crippen MR) is 107 cm³/mol. The van der Waals surface area contributed by atoms with E-state index in [0.717, 1.165) is 30.3 Å². The highest BCUT2D eigenvalue weighted by Crippen LogP contribution is 2.36. The van der Waals surface area contributed by atoms with E-state index in [0.29, 0.717) is 18.8 Å². The van der Waals surface area contributed by atoms with Crippen LogP contribution in [0.4, 0.5) is 4.39 Å². The number of pyridine rings is 1. The van der Waals surface area contributed by atoms with Gasteiger partial charge in [0.2, 0.25) is 0 Å². The minimum atomic E-state index is -0.629. The average molecular weight is 405 g/mol. The number of nitrogens with zero attached hydrogens (tertiary/aromatic N) is 4. The van der Waals surface area contributed by atoms with Crippen LogP contribution < -0.4 is 5.73 Å². The van der Waals surface area contributed by atoms with Crippen LogP contribution in [0.25, 0.3) is 11.4 Å². The zero-order chi connectivity index (χ0) is 20.8. The fourth-order valence-corrected chi connectivity index (χ4v) is 4.69. The van der Waals surface area contributed by atoms with E-state index >= 15 is 0 Å². The molecule has 0 aliphatic carbocycles. The zero-order valence-corrected chi connectivity index (χ0v) is 16.2. The van der Waals surface area contributed by atoms with Crippen molar-refractivity contribution in [2.45, 2.75) is 37.9 Å². The van der Waals surface area contributed by atoms with E-state index in [-0.39, 0.29) is 29.2 Å². The van der Waals surface area contributed by atoms with Gasteiger partial charge in [0.1, 0.15) is 11.5 Å². The zero-order valence-electron chi connectivity index (χ0n) is 16.2. The number of nitrogens with two attached hydrogens (primary N) is 1. The van der Waals surface area contributed by atoms with Crippen molar-refractivity contribution in [3.8, 4) is 11.4 Å². The molecule has 2 aliphatic rings. The minimum Gasteiger partial charge on any atom is -0.364 e. The van der Waals surface area contributed by atoms with E-state index in [4.69, 9.17) is 5.73 Å². The van der Waals surface area contributed by atoms with Gasteiger partial charge in [-0.3, -0.25) is 14.6 Å². The Labute approximate surface area is 172 Å². The molecule has 0 unspecified atom stereocenters. The molecule has 30 heavy (non-hydrogen) atoms. The van der Waals surface area contributed by atoms with Crippen molar-refractivity contribution in [2.75, 3.05) is 0 Å². The number of imidazole rings is 1. The lowest BCUT2D eigenvalue weighted by Gasteiger charge is -2.28. The third kappa shape index (κ3) is 2.87. The smallest absolute Gasteiger partial charge is 0.269 e. The molecule has 2 aromatic heterocycles. The van der Waals surface area contributed by atoms with Crippen molar-refractivity contribution in [1.82, 2.24) is 19.4 Å². The molecule has 4 heterocycles. The molecule has 1 aromatic carbocycles. The summed E-state index contributed by atoms with van der Waals surface area (Å²) in [6.07, 6.45) is 4.52. The highest BCUT2D eigenvalue weighted by Gasteiger charge is 2.42. The lowest BCUT2D eigenvalue weighted by Crippen LogP contribution is -2.42. The van der Waals surface area contributed by atoms with Crippen molar-refractivity contribution in [3.63, 3.8) is 0 Å². The Bertz CT molecular complexity index is 1140. The van der Waals surface area contributed by atoms with Crippen LogP contribution in [-0.4, -0.2) is 43.3 Å². The lowest BCUT2D eigenvalue weighted by atomic mass is 10.0. The Morgan fingerprint density at radius 2 is 1.87 bits per heavy atom. The van der Waals surface area contributed by atoms with Crippen molar-refractivity contribution >= 4 is 11.8 Å². The van der Waals surface area contributed by atoms with Crippen LogP contribution in [0.15, 0.2) is 48.8 Å². The first kappa shape index (κ1) is 18.5. The summed E-state index contributed by atoms with van der Waals surface area (Å²) in [6, 6.07) is 10.7. The van der Waals surface area contributed by atoms with E-state index in [1.807, 2.05) is 34.9 Å². The molecule has 8 heteroatoms. The third-order valence-electron chi connectivity index (χ3n) is 6.02. The molecule has 2 N–H and O–H groups in total. The monoisotopic (exact) mass is 405 g/mol. The largest absolute Gasteiger partial charge is 0.364 e. The van der Waals surface area contributed by atoms with Crippen LogP contribution in [0.2, 0.25) is 0 Å². The van der Waals surface area contributed by atoms with Gasteiger partial charge in [0.25, 0.3) is 11.8 Å². The van der Waals surface area contributed by atoms with Crippen LogP contribution in [0.1, 0.15) is 39.4 Å². The molecule has 1 saturated heterocycles. The van der Waals surface area contributed by atoms with Crippen LogP contribution in [-0.2, 0) is 13.0 Å². The fourth-order valence-electron chi connectivity index (χ4n) is 4.69. The summed E-state index contributed by atoms with van der Waals surface area (Å²) in [5.41, 5.74) is 7.50. The number of hydrogen-bond donors (Lipinski definition) is 1. The highest BCUT2D eigenvalue weighted by molar-refractivity contribution is 5.95. The van der Waals surface area contributed by atoms with Crippen LogP contribution in [0, 0.1) is 5.82 Å². The SMILES string of the molecule is NC(=O)c1nc(-c2ccccc2)n2c1C[C@@H]1CC[C@H](C2)N1C(=O)c1ccncc1F. The summed E-state index contributed by atoms with van der Waals surface area (Å²) in [6.45, 7) is 0.481. The number of fused-ring (bicyclic) bond motifs is 3. The molecular weight excluding hydrogens is 385 g/mol. The molecule has 0 saturated carbocycles. The van der Waals surface area contributed by atoms with Gasteiger partial charge in [-0.15, -0.1) is 0 Å². The first-order valence-corrected chi connectivity index (χ1v) is 9.91. The van der Waals surface area contributed by atoms with Gasteiger partial charge in [0.15, 0.2) is 5.82 Å². The maximum Gasteiger partial charge on any atom is 0.269 e.